The van der Waals surface area contributed by atoms with Crippen LogP contribution in [0.15, 0.2) is 90.4 Å². The Balaban J connectivity index is 0.996. The van der Waals surface area contributed by atoms with Crippen molar-refractivity contribution in [1.29, 1.82) is 0 Å². The summed E-state index contributed by atoms with van der Waals surface area (Å²) in [6.07, 6.45) is 11.9. The first-order chi connectivity index (χ1) is 27.2. The number of likely N-dealkylation sites (tertiary alicyclic amines) is 2. The number of imidazole rings is 2. The van der Waals surface area contributed by atoms with Gasteiger partial charge in [-0.1, -0.05) is 76.2 Å². The molecule has 0 bridgehead atoms. The van der Waals surface area contributed by atoms with E-state index in [2.05, 4.69) is 92.5 Å². The summed E-state index contributed by atoms with van der Waals surface area (Å²) in [5.74, 6) is 1.72. The summed E-state index contributed by atoms with van der Waals surface area (Å²) >= 11 is 0. The van der Waals surface area contributed by atoms with Gasteiger partial charge in [0.2, 0.25) is 18.2 Å². The second-order valence-electron chi connectivity index (χ2n) is 15.2. The normalized spacial score (nSPS) is 18.3. The van der Waals surface area contributed by atoms with Crippen molar-refractivity contribution >= 4 is 23.9 Å². The van der Waals surface area contributed by atoms with Crippen LogP contribution >= 0.6 is 0 Å². The van der Waals surface area contributed by atoms with E-state index in [1.807, 2.05) is 48.2 Å². The molecule has 5 aromatic rings. The van der Waals surface area contributed by atoms with Gasteiger partial charge in [-0.2, -0.15) is 4.89 Å². The second kappa shape index (κ2) is 17.3. The molecule has 13 heteroatoms. The lowest BCUT2D eigenvalue weighted by atomic mass is 10.0. The summed E-state index contributed by atoms with van der Waals surface area (Å²) in [6.45, 7) is 9.42. The number of H-pyrrole nitrogens is 2. The van der Waals surface area contributed by atoms with E-state index in [4.69, 9.17) is 14.9 Å². The van der Waals surface area contributed by atoms with Gasteiger partial charge in [-0.25, -0.2) is 15.0 Å². The van der Waals surface area contributed by atoms with E-state index in [9.17, 15) is 9.59 Å². The molecule has 2 fully saturated rings. The minimum Gasteiger partial charge on any atom is -0.372 e. The lowest BCUT2D eigenvalue weighted by Crippen LogP contribution is -2.45. The Hall–Kier alpha value is -5.82. The van der Waals surface area contributed by atoms with Gasteiger partial charge >= 0.3 is 0 Å². The van der Waals surface area contributed by atoms with Crippen LogP contribution in [0.2, 0.25) is 0 Å². The third-order valence-corrected chi connectivity index (χ3v) is 10.8. The van der Waals surface area contributed by atoms with Gasteiger partial charge in [-0.05, 0) is 71.9 Å². The molecule has 7 rings (SSSR count). The highest BCUT2D eigenvalue weighted by Crippen LogP contribution is 2.35. The largest absolute Gasteiger partial charge is 0.372 e. The first kappa shape index (κ1) is 38.5. The first-order valence-corrected chi connectivity index (χ1v) is 19.5. The third kappa shape index (κ3) is 8.37. The molecular weight excluding hydrogens is 707 g/mol. The number of carbonyl (C=O) groups excluding carboxylic acids is 2. The molecule has 2 saturated heterocycles. The molecule has 2 aliphatic heterocycles. The number of nitrogens with one attached hydrogen (secondary N) is 3. The number of aromatic amines is 2. The van der Waals surface area contributed by atoms with E-state index in [0.29, 0.717) is 13.1 Å². The van der Waals surface area contributed by atoms with Crippen LogP contribution in [0, 0.1) is 11.8 Å². The Morgan fingerprint density at radius 3 is 1.79 bits per heavy atom. The Morgan fingerprint density at radius 2 is 1.30 bits per heavy atom. The predicted octanol–water partition coefficient (Wildman–Crippen LogP) is 7.62. The van der Waals surface area contributed by atoms with Crippen molar-refractivity contribution in [2.45, 2.75) is 77.5 Å². The average molecular weight is 758 g/mol. The number of aliphatic imine (C=N–C) groups is 1. The molecule has 0 saturated carbocycles. The predicted molar refractivity (Wildman–Crippen MR) is 216 cm³/mol. The summed E-state index contributed by atoms with van der Waals surface area (Å²) in [5, 5.41) is 3.41. The van der Waals surface area contributed by atoms with Crippen LogP contribution in [0.5, 0.6) is 0 Å². The fourth-order valence-electron chi connectivity index (χ4n) is 7.76. The maximum atomic E-state index is 13.9. The van der Waals surface area contributed by atoms with Gasteiger partial charge in [0.15, 0.2) is 0 Å². The zero-order valence-corrected chi connectivity index (χ0v) is 32.7. The Morgan fingerprint density at radius 1 is 0.768 bits per heavy atom. The topological polar surface area (TPSA) is 154 Å². The SMILES string of the molecule is COOC=N[C@H](C(=O)N1CCC[C@H]1c1ncc(-c2ccc(-c3ccc(-c4cnc([C@@H]5CCCN5C(=O)[C@@H](Nc5cccnc5)C(C)C)[nH]4)cc3)cc2)[nH]1)C(C)C. The number of nitrogens with zero attached hydrogens (tertiary/aromatic N) is 6. The van der Waals surface area contributed by atoms with Crippen LogP contribution in [-0.4, -0.2) is 85.2 Å². The van der Waals surface area contributed by atoms with Gasteiger partial charge < -0.3 is 30.0 Å². The quantitative estimate of drug-likeness (QED) is 0.0453. The van der Waals surface area contributed by atoms with Gasteiger partial charge in [0.25, 0.3) is 0 Å². The monoisotopic (exact) mass is 757 g/mol. The van der Waals surface area contributed by atoms with Gasteiger partial charge in [0.05, 0.1) is 48.7 Å². The molecule has 2 aliphatic rings. The Labute approximate surface area is 327 Å². The van der Waals surface area contributed by atoms with E-state index >= 15 is 0 Å². The molecule has 5 heterocycles. The van der Waals surface area contributed by atoms with Crippen molar-refractivity contribution in [2.75, 3.05) is 25.5 Å². The minimum absolute atomic E-state index is 0.00265. The number of pyridine rings is 1. The number of anilines is 1. The summed E-state index contributed by atoms with van der Waals surface area (Å²) < 4.78 is 0. The van der Waals surface area contributed by atoms with Crippen LogP contribution in [0.1, 0.15) is 77.1 Å². The average Bonchev–Trinajstić information content (AvgIpc) is 4.06. The van der Waals surface area contributed by atoms with Crippen molar-refractivity contribution in [3.8, 4) is 33.6 Å². The van der Waals surface area contributed by atoms with E-state index in [0.717, 1.165) is 76.7 Å². The van der Waals surface area contributed by atoms with E-state index < -0.39 is 6.04 Å². The summed E-state index contributed by atoms with van der Waals surface area (Å²) in [7, 11) is 1.40. The molecule has 0 unspecified atom stereocenters. The number of aromatic nitrogens is 5. The molecule has 0 aliphatic carbocycles. The van der Waals surface area contributed by atoms with Gasteiger partial charge in [-0.15, -0.1) is 0 Å². The fraction of sp³-hybridized carbons (Fsp3) is 0.395. The number of hydrogen-bond donors (Lipinski definition) is 3. The Kier molecular flexibility index (Phi) is 11.9. The highest BCUT2D eigenvalue weighted by atomic mass is 17.2. The number of amides is 2. The van der Waals surface area contributed by atoms with Crippen molar-refractivity contribution in [3.63, 3.8) is 0 Å². The van der Waals surface area contributed by atoms with Crippen LogP contribution < -0.4 is 5.32 Å². The molecule has 56 heavy (non-hydrogen) atoms. The van der Waals surface area contributed by atoms with E-state index in [1.165, 1.54) is 13.5 Å². The number of hydrogen-bond acceptors (Lipinski definition) is 9. The van der Waals surface area contributed by atoms with Crippen LogP contribution in [-0.2, 0) is 19.4 Å². The van der Waals surface area contributed by atoms with Crippen molar-refractivity contribution in [2.24, 2.45) is 16.8 Å². The molecule has 2 amide bonds. The van der Waals surface area contributed by atoms with Crippen molar-refractivity contribution in [1.82, 2.24) is 34.7 Å². The maximum Gasteiger partial charge on any atom is 0.248 e. The molecule has 4 atom stereocenters. The van der Waals surface area contributed by atoms with Gasteiger partial charge in [0.1, 0.15) is 23.7 Å². The van der Waals surface area contributed by atoms with Crippen LogP contribution in [0.25, 0.3) is 33.6 Å². The molecule has 0 spiro atoms. The third-order valence-electron chi connectivity index (χ3n) is 10.8. The van der Waals surface area contributed by atoms with Crippen LogP contribution in [0.3, 0.4) is 0 Å². The molecule has 0 radical (unpaired) electrons. The highest BCUT2D eigenvalue weighted by Gasteiger charge is 2.38. The number of carbonyl (C=O) groups is 2. The smallest absolute Gasteiger partial charge is 0.248 e. The van der Waals surface area contributed by atoms with Crippen molar-refractivity contribution < 1.29 is 19.4 Å². The molecule has 3 N–H and O–H groups in total. The highest BCUT2D eigenvalue weighted by molar-refractivity contribution is 5.86. The minimum atomic E-state index is -0.566. The maximum absolute atomic E-state index is 13.9. The molecule has 2 aromatic carbocycles. The zero-order valence-electron chi connectivity index (χ0n) is 32.7. The number of rotatable bonds is 14. The lowest BCUT2D eigenvalue weighted by molar-refractivity contribution is -0.188. The standard InChI is InChI=1S/C43H51N9O4/c1-27(2)38(47-26-56-55-5)42(53)51-21-7-10-36(51)40-45-24-34(49-40)31-16-12-29(13-17-31)30-14-18-32(19-15-30)35-25-46-41(50-35)37-11-8-22-52(37)43(54)39(28(3)4)48-33-9-6-20-44-23-33/h6,9,12-20,23-28,36-39,48H,7-8,10-11,21-22H2,1-5H3,(H,45,49)(H,46,50)/t36-,37-,38-,39-/m0/s1. The Bertz CT molecular complexity index is 2090. The zero-order chi connectivity index (χ0) is 39.2. The number of benzene rings is 2. The second-order valence-corrected chi connectivity index (χ2v) is 15.2. The van der Waals surface area contributed by atoms with Gasteiger partial charge in [0, 0.05) is 25.5 Å². The van der Waals surface area contributed by atoms with Crippen LogP contribution in [0.4, 0.5) is 5.69 Å². The molecular formula is C43H51N9O4. The van der Waals surface area contributed by atoms with Gasteiger partial charge in [-0.3, -0.25) is 14.6 Å². The molecule has 292 valence electrons. The molecule has 3 aromatic heterocycles. The van der Waals surface area contributed by atoms with E-state index in [1.54, 1.807) is 12.4 Å². The van der Waals surface area contributed by atoms with E-state index in [-0.39, 0.29) is 41.8 Å². The first-order valence-electron chi connectivity index (χ1n) is 19.5. The summed E-state index contributed by atoms with van der Waals surface area (Å²) in [6, 6.07) is 19.4. The summed E-state index contributed by atoms with van der Waals surface area (Å²) in [5.41, 5.74) is 6.88. The summed E-state index contributed by atoms with van der Waals surface area (Å²) in [4.78, 5) is 65.7. The fourth-order valence-corrected chi connectivity index (χ4v) is 7.76. The lowest BCUT2D eigenvalue weighted by Gasteiger charge is -2.30. The van der Waals surface area contributed by atoms with Crippen molar-refractivity contribution in [3.05, 3.63) is 97.1 Å². The molecule has 13 nitrogen and oxygen atoms in total.